The third-order valence-electron chi connectivity index (χ3n) is 3.41. The molecule has 2 rings (SSSR count). The molecule has 0 aliphatic carbocycles. The van der Waals surface area contributed by atoms with Crippen molar-refractivity contribution in [2.24, 2.45) is 0 Å². The lowest BCUT2D eigenvalue weighted by molar-refractivity contribution is 0.255. The van der Waals surface area contributed by atoms with E-state index in [2.05, 4.69) is 45.6 Å². The molecule has 0 fully saturated rings. The molecule has 23 heavy (non-hydrogen) atoms. The number of amides is 2. The number of carbonyl (C=O) groups is 1. The van der Waals surface area contributed by atoms with Crippen LogP contribution in [0.5, 0.6) is 0 Å². The fraction of sp³-hybridized carbons (Fsp3) is 0.211. The maximum atomic E-state index is 11.9. The molecule has 0 atom stereocenters. The number of hydrogen-bond acceptors (Lipinski definition) is 1. The van der Waals surface area contributed by atoms with Crippen molar-refractivity contribution in [3.63, 3.8) is 0 Å². The van der Waals surface area contributed by atoms with E-state index in [0.29, 0.717) is 0 Å². The van der Waals surface area contributed by atoms with Crippen LogP contribution in [0, 0.1) is 0 Å². The Labute approximate surface area is 145 Å². The maximum Gasteiger partial charge on any atom is 0.323 e. The van der Waals surface area contributed by atoms with Gasteiger partial charge in [0, 0.05) is 16.4 Å². The molecule has 0 saturated heterocycles. The molecular formula is C19H21BrN2O. The Kier molecular flexibility index (Phi) is 6.88. The zero-order chi connectivity index (χ0) is 16.5. The monoisotopic (exact) mass is 372 g/mol. The standard InChI is InChI=1S/C19H21BrN2O/c1-2-3-6-15-9-11-17(12-10-15)22-19(23)21-14-13-16-7-4-5-8-18(16)20/h4-5,7-14H,2-3,6H2,1H3,(H2,21,22,23)/b14-13+. The predicted octanol–water partition coefficient (Wildman–Crippen LogP) is 5.58. The molecule has 2 N–H and O–H groups in total. The molecule has 2 aromatic rings. The quantitative estimate of drug-likeness (QED) is 0.682. The molecule has 2 aromatic carbocycles. The second-order valence-corrected chi connectivity index (χ2v) is 6.11. The van der Waals surface area contributed by atoms with Gasteiger partial charge in [-0.3, -0.25) is 0 Å². The minimum atomic E-state index is -0.255. The van der Waals surface area contributed by atoms with Gasteiger partial charge in [-0.1, -0.05) is 59.6 Å². The summed E-state index contributed by atoms with van der Waals surface area (Å²) in [4.78, 5) is 11.9. The van der Waals surface area contributed by atoms with Gasteiger partial charge in [0.25, 0.3) is 0 Å². The first-order valence-electron chi connectivity index (χ1n) is 7.76. The van der Waals surface area contributed by atoms with Crippen LogP contribution in [0.25, 0.3) is 6.08 Å². The molecule has 0 saturated carbocycles. The van der Waals surface area contributed by atoms with Crippen LogP contribution in [0.2, 0.25) is 0 Å². The first-order valence-corrected chi connectivity index (χ1v) is 8.56. The van der Waals surface area contributed by atoms with Crippen molar-refractivity contribution in [2.45, 2.75) is 26.2 Å². The summed E-state index contributed by atoms with van der Waals surface area (Å²) in [6.07, 6.45) is 6.93. The van der Waals surface area contributed by atoms with Gasteiger partial charge in [-0.25, -0.2) is 4.79 Å². The number of nitrogens with one attached hydrogen (secondary N) is 2. The normalized spacial score (nSPS) is 10.7. The first kappa shape index (κ1) is 17.3. The van der Waals surface area contributed by atoms with Crippen LogP contribution in [0.1, 0.15) is 30.9 Å². The number of hydrogen-bond donors (Lipinski definition) is 2. The Hall–Kier alpha value is -2.07. The van der Waals surface area contributed by atoms with E-state index in [9.17, 15) is 4.79 Å². The summed E-state index contributed by atoms with van der Waals surface area (Å²) in [6, 6.07) is 15.6. The average molecular weight is 373 g/mol. The molecule has 3 nitrogen and oxygen atoms in total. The Balaban J connectivity index is 1.84. The average Bonchev–Trinajstić information content (AvgIpc) is 2.56. The van der Waals surface area contributed by atoms with Gasteiger partial charge >= 0.3 is 6.03 Å². The van der Waals surface area contributed by atoms with E-state index in [-0.39, 0.29) is 6.03 Å². The van der Waals surface area contributed by atoms with Gasteiger partial charge in [0.15, 0.2) is 0 Å². The summed E-state index contributed by atoms with van der Waals surface area (Å²) >= 11 is 3.46. The SMILES string of the molecule is CCCCc1ccc(NC(=O)N/C=C/c2ccccc2Br)cc1. The maximum absolute atomic E-state index is 11.9. The Morgan fingerprint density at radius 2 is 1.87 bits per heavy atom. The van der Waals surface area contributed by atoms with Crippen molar-refractivity contribution >= 4 is 33.7 Å². The van der Waals surface area contributed by atoms with E-state index < -0.39 is 0 Å². The highest BCUT2D eigenvalue weighted by atomic mass is 79.9. The summed E-state index contributed by atoms with van der Waals surface area (Å²) in [5.41, 5.74) is 3.09. The number of aryl methyl sites for hydroxylation is 1. The zero-order valence-corrected chi connectivity index (χ0v) is 14.8. The minimum Gasteiger partial charge on any atom is -0.314 e. The van der Waals surface area contributed by atoms with E-state index in [1.807, 2.05) is 42.5 Å². The van der Waals surface area contributed by atoms with Crippen molar-refractivity contribution < 1.29 is 4.79 Å². The van der Waals surface area contributed by atoms with Gasteiger partial charge < -0.3 is 10.6 Å². The molecule has 2 amide bonds. The van der Waals surface area contributed by atoms with Gasteiger partial charge in [-0.05, 0) is 48.2 Å². The largest absolute Gasteiger partial charge is 0.323 e. The summed E-state index contributed by atoms with van der Waals surface area (Å²) in [7, 11) is 0. The Morgan fingerprint density at radius 1 is 1.13 bits per heavy atom. The number of unbranched alkanes of at least 4 members (excludes halogenated alkanes) is 1. The van der Waals surface area contributed by atoms with E-state index in [1.54, 1.807) is 6.20 Å². The number of benzene rings is 2. The van der Waals surface area contributed by atoms with Crippen LogP contribution < -0.4 is 10.6 Å². The smallest absolute Gasteiger partial charge is 0.314 e. The van der Waals surface area contributed by atoms with Crippen molar-refractivity contribution in [2.75, 3.05) is 5.32 Å². The van der Waals surface area contributed by atoms with Crippen molar-refractivity contribution in [3.8, 4) is 0 Å². The molecule has 0 aliphatic heterocycles. The number of urea groups is 1. The Bertz CT molecular complexity index is 665. The minimum absolute atomic E-state index is 0.255. The topological polar surface area (TPSA) is 41.1 Å². The van der Waals surface area contributed by atoms with Crippen LogP contribution >= 0.6 is 15.9 Å². The van der Waals surface area contributed by atoms with E-state index >= 15 is 0 Å². The van der Waals surface area contributed by atoms with Crippen LogP contribution in [0.3, 0.4) is 0 Å². The molecule has 4 heteroatoms. The molecule has 0 spiro atoms. The summed E-state index contributed by atoms with van der Waals surface area (Å²) in [5, 5.41) is 5.52. The van der Waals surface area contributed by atoms with Crippen molar-refractivity contribution in [3.05, 3.63) is 70.3 Å². The highest BCUT2D eigenvalue weighted by Gasteiger charge is 2.00. The lowest BCUT2D eigenvalue weighted by Crippen LogP contribution is -2.23. The number of anilines is 1. The molecule has 0 aliphatic rings. The molecule has 0 aromatic heterocycles. The van der Waals surface area contributed by atoms with Crippen molar-refractivity contribution in [1.82, 2.24) is 5.32 Å². The molecule has 0 radical (unpaired) electrons. The molecule has 0 unspecified atom stereocenters. The van der Waals surface area contributed by atoms with Crippen LogP contribution in [0.4, 0.5) is 10.5 Å². The van der Waals surface area contributed by atoms with E-state index in [1.165, 1.54) is 18.4 Å². The zero-order valence-electron chi connectivity index (χ0n) is 13.2. The van der Waals surface area contributed by atoms with E-state index in [4.69, 9.17) is 0 Å². The molecular weight excluding hydrogens is 352 g/mol. The predicted molar refractivity (Wildman–Crippen MR) is 100 cm³/mol. The lowest BCUT2D eigenvalue weighted by atomic mass is 10.1. The van der Waals surface area contributed by atoms with Crippen molar-refractivity contribution in [1.29, 1.82) is 0 Å². The summed E-state index contributed by atoms with van der Waals surface area (Å²) in [6.45, 7) is 2.18. The van der Waals surface area contributed by atoms with Crippen LogP contribution in [-0.4, -0.2) is 6.03 Å². The highest BCUT2D eigenvalue weighted by Crippen LogP contribution is 2.16. The van der Waals surface area contributed by atoms with Gasteiger partial charge in [-0.2, -0.15) is 0 Å². The second kappa shape index (κ2) is 9.16. The summed E-state index contributed by atoms with van der Waals surface area (Å²) in [5.74, 6) is 0. The fourth-order valence-electron chi connectivity index (χ4n) is 2.12. The highest BCUT2D eigenvalue weighted by molar-refractivity contribution is 9.10. The van der Waals surface area contributed by atoms with Gasteiger partial charge in [0.2, 0.25) is 0 Å². The molecule has 120 valence electrons. The fourth-order valence-corrected chi connectivity index (χ4v) is 2.54. The van der Waals surface area contributed by atoms with Gasteiger partial charge in [0.1, 0.15) is 0 Å². The third-order valence-corrected chi connectivity index (χ3v) is 4.14. The van der Waals surface area contributed by atoms with E-state index in [0.717, 1.165) is 22.1 Å². The lowest BCUT2D eigenvalue weighted by Gasteiger charge is -2.06. The van der Waals surface area contributed by atoms with Gasteiger partial charge in [0.05, 0.1) is 0 Å². The summed E-state index contributed by atoms with van der Waals surface area (Å²) < 4.78 is 0.987. The van der Waals surface area contributed by atoms with Gasteiger partial charge in [-0.15, -0.1) is 0 Å². The number of rotatable bonds is 6. The first-order chi connectivity index (χ1) is 11.2. The number of halogens is 1. The van der Waals surface area contributed by atoms with Crippen LogP contribution in [0.15, 0.2) is 59.2 Å². The second-order valence-electron chi connectivity index (χ2n) is 5.25. The number of carbonyl (C=O) groups excluding carboxylic acids is 1. The molecule has 0 heterocycles. The third kappa shape index (κ3) is 5.91. The Morgan fingerprint density at radius 3 is 2.57 bits per heavy atom. The molecule has 0 bridgehead atoms. The van der Waals surface area contributed by atoms with Crippen LogP contribution in [-0.2, 0) is 6.42 Å².